The number of benzene rings is 3. The van der Waals surface area contributed by atoms with Crippen LogP contribution in [0.2, 0.25) is 0 Å². The largest absolute Gasteiger partial charge is 0.248 e. The van der Waals surface area contributed by atoms with Gasteiger partial charge in [-0.25, -0.2) is 9.97 Å². The molecule has 0 atom stereocenters. The summed E-state index contributed by atoms with van der Waals surface area (Å²) in [6.07, 6.45) is 0. The Morgan fingerprint density at radius 1 is 0.485 bits per heavy atom. The summed E-state index contributed by atoms with van der Waals surface area (Å²) in [5, 5.41) is 0. The average Bonchev–Trinajstić information content (AvgIpc) is 3.11. The molecule has 2 aromatic heterocycles. The zero-order valence-electron chi connectivity index (χ0n) is 18.8. The first-order chi connectivity index (χ1) is 16.1. The van der Waals surface area contributed by atoms with Gasteiger partial charge in [0.05, 0.1) is 22.8 Å². The van der Waals surface area contributed by atoms with Crippen LogP contribution in [0.5, 0.6) is 0 Å². The van der Waals surface area contributed by atoms with Crippen molar-refractivity contribution in [3.05, 3.63) is 120 Å². The molecule has 158 valence electrons. The fourth-order valence-electron chi connectivity index (χ4n) is 4.90. The number of hydrogen-bond donors (Lipinski definition) is 0. The van der Waals surface area contributed by atoms with E-state index < -0.39 is 0 Å². The van der Waals surface area contributed by atoms with Gasteiger partial charge in [0.15, 0.2) is 0 Å². The van der Waals surface area contributed by atoms with Gasteiger partial charge in [0.1, 0.15) is 0 Å². The van der Waals surface area contributed by atoms with Crippen LogP contribution < -0.4 is 0 Å². The van der Waals surface area contributed by atoms with Crippen LogP contribution in [0.15, 0.2) is 109 Å². The number of hydrogen-bond acceptors (Lipinski definition) is 2. The van der Waals surface area contributed by atoms with Crippen molar-refractivity contribution in [1.82, 2.24) is 9.97 Å². The van der Waals surface area contributed by atoms with Gasteiger partial charge in [0.25, 0.3) is 0 Å². The van der Waals surface area contributed by atoms with Crippen LogP contribution in [-0.4, -0.2) is 9.97 Å². The first-order valence-corrected chi connectivity index (χ1v) is 11.4. The van der Waals surface area contributed by atoms with Crippen molar-refractivity contribution in [2.45, 2.75) is 19.3 Å². The second-order valence-corrected chi connectivity index (χ2v) is 9.12. The van der Waals surface area contributed by atoms with Crippen molar-refractivity contribution in [3.8, 4) is 45.0 Å². The van der Waals surface area contributed by atoms with E-state index in [1.54, 1.807) is 0 Å². The van der Waals surface area contributed by atoms with E-state index in [4.69, 9.17) is 9.97 Å². The third-order valence-corrected chi connectivity index (χ3v) is 6.68. The Morgan fingerprint density at radius 2 is 1.06 bits per heavy atom. The third-order valence-electron chi connectivity index (χ3n) is 6.68. The van der Waals surface area contributed by atoms with Crippen LogP contribution in [0.4, 0.5) is 0 Å². The molecule has 0 aliphatic heterocycles. The molecule has 1 aliphatic carbocycles. The van der Waals surface area contributed by atoms with Crippen molar-refractivity contribution in [2.24, 2.45) is 0 Å². The molecule has 6 rings (SSSR count). The lowest BCUT2D eigenvalue weighted by atomic mass is 9.83. The van der Waals surface area contributed by atoms with Gasteiger partial charge in [-0.2, -0.15) is 0 Å². The summed E-state index contributed by atoms with van der Waals surface area (Å²) in [6, 6.07) is 38.1. The molecule has 2 heterocycles. The van der Waals surface area contributed by atoms with E-state index >= 15 is 0 Å². The van der Waals surface area contributed by atoms with E-state index in [-0.39, 0.29) is 5.41 Å². The molecule has 0 N–H and O–H groups in total. The van der Waals surface area contributed by atoms with Gasteiger partial charge in [0.2, 0.25) is 0 Å². The summed E-state index contributed by atoms with van der Waals surface area (Å²) in [5.41, 5.74) is 11.1. The van der Waals surface area contributed by atoms with Gasteiger partial charge in [-0.05, 0) is 29.3 Å². The van der Waals surface area contributed by atoms with E-state index in [9.17, 15) is 0 Å². The Kier molecular flexibility index (Phi) is 4.48. The molecule has 5 aromatic rings. The highest BCUT2D eigenvalue weighted by Gasteiger charge is 2.36. The Hall–Kier alpha value is -4.04. The molecule has 2 heteroatoms. The molecule has 33 heavy (non-hydrogen) atoms. The van der Waals surface area contributed by atoms with Crippen molar-refractivity contribution < 1.29 is 0 Å². The van der Waals surface area contributed by atoms with Crippen molar-refractivity contribution >= 4 is 0 Å². The number of aromatic nitrogens is 2. The molecular weight excluding hydrogens is 400 g/mol. The number of pyridine rings is 2. The summed E-state index contributed by atoms with van der Waals surface area (Å²) in [6.45, 7) is 4.57. The molecule has 0 unspecified atom stereocenters. The summed E-state index contributed by atoms with van der Waals surface area (Å²) in [5.74, 6) is 0. The second kappa shape index (κ2) is 7.53. The molecule has 0 amide bonds. The van der Waals surface area contributed by atoms with E-state index in [2.05, 4.69) is 111 Å². The Balaban J connectivity index is 1.55. The van der Waals surface area contributed by atoms with Crippen molar-refractivity contribution in [3.63, 3.8) is 0 Å². The predicted octanol–water partition coefficient (Wildman–Crippen LogP) is 7.78. The van der Waals surface area contributed by atoms with E-state index in [1.165, 1.54) is 16.7 Å². The van der Waals surface area contributed by atoms with Crippen LogP contribution >= 0.6 is 0 Å². The predicted molar refractivity (Wildman–Crippen MR) is 136 cm³/mol. The summed E-state index contributed by atoms with van der Waals surface area (Å²) >= 11 is 0. The fraction of sp³-hybridized carbons (Fsp3) is 0.0968. The van der Waals surface area contributed by atoms with E-state index in [0.29, 0.717) is 0 Å². The first-order valence-electron chi connectivity index (χ1n) is 11.4. The summed E-state index contributed by atoms with van der Waals surface area (Å²) < 4.78 is 0. The molecule has 0 radical (unpaired) electrons. The van der Waals surface area contributed by atoms with Crippen LogP contribution in [0.1, 0.15) is 25.0 Å². The van der Waals surface area contributed by atoms with Crippen LogP contribution in [0, 0.1) is 0 Å². The lowest BCUT2D eigenvalue weighted by molar-refractivity contribution is 0.659. The minimum atomic E-state index is -0.0416. The molecule has 0 saturated heterocycles. The quantitative estimate of drug-likeness (QED) is 0.295. The highest BCUT2D eigenvalue weighted by atomic mass is 14.8. The molecule has 2 nitrogen and oxygen atoms in total. The van der Waals surface area contributed by atoms with Crippen molar-refractivity contribution in [2.75, 3.05) is 0 Å². The van der Waals surface area contributed by atoms with Gasteiger partial charge in [-0.1, -0.05) is 105 Å². The van der Waals surface area contributed by atoms with Gasteiger partial charge in [-0.3, -0.25) is 0 Å². The first kappa shape index (κ1) is 19.6. The van der Waals surface area contributed by atoms with Gasteiger partial charge in [-0.15, -0.1) is 0 Å². The van der Waals surface area contributed by atoms with Crippen LogP contribution in [-0.2, 0) is 5.41 Å². The molecule has 0 spiro atoms. The Labute approximate surface area is 194 Å². The molecule has 0 saturated carbocycles. The van der Waals surface area contributed by atoms with Crippen molar-refractivity contribution in [1.29, 1.82) is 0 Å². The Morgan fingerprint density at radius 3 is 1.70 bits per heavy atom. The highest BCUT2D eigenvalue weighted by Crippen LogP contribution is 2.48. The lowest BCUT2D eigenvalue weighted by Crippen LogP contribution is -2.14. The monoisotopic (exact) mass is 424 g/mol. The maximum absolute atomic E-state index is 5.20. The summed E-state index contributed by atoms with van der Waals surface area (Å²) in [4.78, 5) is 10.2. The topological polar surface area (TPSA) is 25.8 Å². The molecule has 3 aromatic carbocycles. The number of nitrogens with zero attached hydrogens (tertiary/aromatic N) is 2. The molecular formula is C31H24N2. The van der Waals surface area contributed by atoms with Gasteiger partial charge >= 0.3 is 0 Å². The highest BCUT2D eigenvalue weighted by molar-refractivity contribution is 5.81. The molecule has 1 aliphatic rings. The molecule has 0 bridgehead atoms. The number of rotatable bonds is 3. The lowest BCUT2D eigenvalue weighted by Gasteiger charge is -2.21. The summed E-state index contributed by atoms with van der Waals surface area (Å²) in [7, 11) is 0. The van der Waals surface area contributed by atoms with Crippen LogP contribution in [0.25, 0.3) is 45.0 Å². The Bertz CT molecular complexity index is 1410. The SMILES string of the molecule is CC1(C)c2ccccc2-c2nc(-c3cc(-c4ccccc4)nc(-c4ccccc4)c3)ccc21. The van der Waals surface area contributed by atoms with Crippen LogP contribution in [0.3, 0.4) is 0 Å². The zero-order chi connectivity index (χ0) is 22.4. The van der Waals surface area contributed by atoms with E-state index in [0.717, 1.165) is 39.5 Å². The molecule has 0 fully saturated rings. The van der Waals surface area contributed by atoms with E-state index in [1.807, 2.05) is 12.1 Å². The average molecular weight is 425 g/mol. The fourth-order valence-corrected chi connectivity index (χ4v) is 4.90. The smallest absolute Gasteiger partial charge is 0.0753 e. The second-order valence-electron chi connectivity index (χ2n) is 9.12. The van der Waals surface area contributed by atoms with Gasteiger partial charge < -0.3 is 0 Å². The third kappa shape index (κ3) is 3.27. The maximum atomic E-state index is 5.20. The standard InChI is InChI=1S/C31H24N2/c1-31(2)25-16-10-9-15-24(25)30-26(31)17-18-27(33-30)23-19-28(21-11-5-3-6-12-21)32-29(20-23)22-13-7-4-8-14-22/h3-20H,1-2H3. The minimum absolute atomic E-state index is 0.0416. The normalized spacial score (nSPS) is 13.4. The zero-order valence-corrected chi connectivity index (χ0v) is 18.8. The minimum Gasteiger partial charge on any atom is -0.248 e. The maximum Gasteiger partial charge on any atom is 0.0753 e. The number of fused-ring (bicyclic) bond motifs is 3. The van der Waals surface area contributed by atoms with Gasteiger partial charge in [0, 0.05) is 27.7 Å².